The molecule has 1 aromatic heterocycles. The lowest BCUT2D eigenvalue weighted by atomic mass is 10.2. The number of aromatic nitrogens is 2. The van der Waals surface area contributed by atoms with Crippen molar-refractivity contribution < 1.29 is 4.74 Å². The fraction of sp³-hybridized carbons (Fsp3) is 0.438. The Labute approximate surface area is 120 Å². The third-order valence-corrected chi connectivity index (χ3v) is 3.37. The van der Waals surface area contributed by atoms with Gasteiger partial charge in [0.2, 0.25) is 0 Å². The first kappa shape index (κ1) is 14.6. The minimum atomic E-state index is 0.433. The highest BCUT2D eigenvalue weighted by molar-refractivity contribution is 5.28. The van der Waals surface area contributed by atoms with Crippen molar-refractivity contribution in [1.82, 2.24) is 15.1 Å². The maximum atomic E-state index is 5.80. The molecule has 0 saturated heterocycles. The molecule has 2 aromatic rings. The van der Waals surface area contributed by atoms with Gasteiger partial charge in [0.15, 0.2) is 0 Å². The van der Waals surface area contributed by atoms with Crippen molar-refractivity contribution in [3.05, 3.63) is 47.8 Å². The molecule has 0 bridgehead atoms. The molecule has 108 valence electrons. The van der Waals surface area contributed by atoms with Crippen LogP contribution in [0.4, 0.5) is 0 Å². The summed E-state index contributed by atoms with van der Waals surface area (Å²) in [5.41, 5.74) is 2.18. The molecule has 0 fully saturated rings. The predicted molar refractivity (Wildman–Crippen MR) is 80.8 cm³/mol. The van der Waals surface area contributed by atoms with Gasteiger partial charge in [-0.15, -0.1) is 0 Å². The minimum absolute atomic E-state index is 0.433. The summed E-state index contributed by atoms with van der Waals surface area (Å²) < 4.78 is 7.80. The molecule has 2 rings (SSSR count). The quantitative estimate of drug-likeness (QED) is 0.842. The molecule has 0 aliphatic rings. The fourth-order valence-electron chi connectivity index (χ4n) is 1.99. The van der Waals surface area contributed by atoms with Gasteiger partial charge in [-0.3, -0.25) is 4.68 Å². The lowest BCUT2D eigenvalue weighted by Gasteiger charge is -2.09. The Bertz CT molecular complexity index is 536. The maximum Gasteiger partial charge on any atom is 0.132 e. The molecular weight excluding hydrogens is 250 g/mol. The van der Waals surface area contributed by atoms with Crippen molar-refractivity contribution in [2.45, 2.75) is 39.5 Å². The van der Waals surface area contributed by atoms with Crippen molar-refractivity contribution in [2.75, 3.05) is 7.05 Å². The van der Waals surface area contributed by atoms with Gasteiger partial charge in [-0.1, -0.05) is 19.1 Å². The summed E-state index contributed by atoms with van der Waals surface area (Å²) in [5.74, 6) is 0.885. The highest BCUT2D eigenvalue weighted by Crippen LogP contribution is 2.15. The van der Waals surface area contributed by atoms with Gasteiger partial charge in [0.25, 0.3) is 0 Å². The third kappa shape index (κ3) is 3.84. The normalized spacial score (nSPS) is 12.3. The SMILES string of the molecule is CCC(C)n1ccc(COc2cccc(CNC)c2)n1. The smallest absolute Gasteiger partial charge is 0.132 e. The van der Waals surface area contributed by atoms with Gasteiger partial charge in [0.05, 0.1) is 5.69 Å². The molecular formula is C16H23N3O. The van der Waals surface area contributed by atoms with Crippen LogP contribution in [-0.2, 0) is 13.2 Å². The van der Waals surface area contributed by atoms with E-state index in [-0.39, 0.29) is 0 Å². The molecule has 1 atom stereocenters. The molecule has 0 amide bonds. The Morgan fingerprint density at radius 1 is 1.35 bits per heavy atom. The van der Waals surface area contributed by atoms with Crippen LogP contribution in [0.15, 0.2) is 36.5 Å². The van der Waals surface area contributed by atoms with E-state index in [2.05, 4.69) is 36.4 Å². The van der Waals surface area contributed by atoms with Gasteiger partial charge in [-0.05, 0) is 44.2 Å². The monoisotopic (exact) mass is 273 g/mol. The van der Waals surface area contributed by atoms with Gasteiger partial charge in [-0.2, -0.15) is 5.10 Å². The van der Waals surface area contributed by atoms with Crippen molar-refractivity contribution in [3.8, 4) is 5.75 Å². The number of nitrogens with zero attached hydrogens (tertiary/aromatic N) is 2. The zero-order valence-corrected chi connectivity index (χ0v) is 12.5. The van der Waals surface area contributed by atoms with Crippen LogP contribution in [0.2, 0.25) is 0 Å². The minimum Gasteiger partial charge on any atom is -0.487 e. The topological polar surface area (TPSA) is 39.1 Å². The van der Waals surface area contributed by atoms with E-state index in [1.54, 1.807) is 0 Å². The van der Waals surface area contributed by atoms with Crippen molar-refractivity contribution in [2.24, 2.45) is 0 Å². The fourth-order valence-corrected chi connectivity index (χ4v) is 1.99. The number of hydrogen-bond donors (Lipinski definition) is 1. The Balaban J connectivity index is 1.94. The lowest BCUT2D eigenvalue weighted by molar-refractivity contribution is 0.298. The first-order valence-corrected chi connectivity index (χ1v) is 7.13. The zero-order valence-electron chi connectivity index (χ0n) is 12.5. The summed E-state index contributed by atoms with van der Waals surface area (Å²) in [5, 5.41) is 7.67. The molecule has 1 N–H and O–H groups in total. The van der Waals surface area contributed by atoms with E-state index < -0.39 is 0 Å². The maximum absolute atomic E-state index is 5.80. The first-order chi connectivity index (χ1) is 9.72. The van der Waals surface area contributed by atoms with E-state index in [0.717, 1.165) is 24.4 Å². The van der Waals surface area contributed by atoms with Gasteiger partial charge in [0.1, 0.15) is 12.4 Å². The molecule has 0 aliphatic heterocycles. The van der Waals surface area contributed by atoms with Gasteiger partial charge in [0, 0.05) is 18.8 Å². The summed E-state index contributed by atoms with van der Waals surface area (Å²) >= 11 is 0. The van der Waals surface area contributed by atoms with Gasteiger partial charge < -0.3 is 10.1 Å². The van der Waals surface area contributed by atoms with Gasteiger partial charge >= 0.3 is 0 Å². The van der Waals surface area contributed by atoms with E-state index in [1.807, 2.05) is 36.1 Å². The number of nitrogens with one attached hydrogen (secondary N) is 1. The van der Waals surface area contributed by atoms with Crippen molar-refractivity contribution in [1.29, 1.82) is 0 Å². The molecule has 4 heteroatoms. The Kier molecular flexibility index (Phi) is 5.18. The molecule has 0 saturated carbocycles. The third-order valence-electron chi connectivity index (χ3n) is 3.37. The average Bonchev–Trinajstić information content (AvgIpc) is 2.94. The lowest BCUT2D eigenvalue weighted by Crippen LogP contribution is -2.06. The highest BCUT2D eigenvalue weighted by atomic mass is 16.5. The van der Waals surface area contributed by atoms with Gasteiger partial charge in [-0.25, -0.2) is 0 Å². The molecule has 1 unspecified atom stereocenters. The molecule has 4 nitrogen and oxygen atoms in total. The van der Waals surface area contributed by atoms with Crippen LogP contribution >= 0.6 is 0 Å². The number of ether oxygens (including phenoxy) is 1. The van der Waals surface area contributed by atoms with E-state index in [9.17, 15) is 0 Å². The number of hydrogen-bond acceptors (Lipinski definition) is 3. The average molecular weight is 273 g/mol. The zero-order chi connectivity index (χ0) is 14.4. The second-order valence-electron chi connectivity index (χ2n) is 5.01. The summed E-state index contributed by atoms with van der Waals surface area (Å²) in [6.07, 6.45) is 3.10. The molecule has 1 aromatic carbocycles. The standard InChI is InChI=1S/C16H23N3O/c1-4-13(2)19-9-8-15(18-19)12-20-16-7-5-6-14(10-16)11-17-3/h5-10,13,17H,4,11-12H2,1-3H3. The summed E-state index contributed by atoms with van der Waals surface area (Å²) in [4.78, 5) is 0. The Hall–Kier alpha value is -1.81. The van der Waals surface area contributed by atoms with Crippen molar-refractivity contribution in [3.63, 3.8) is 0 Å². The second-order valence-corrected chi connectivity index (χ2v) is 5.01. The second kappa shape index (κ2) is 7.10. The van der Waals surface area contributed by atoms with Crippen molar-refractivity contribution >= 4 is 0 Å². The Morgan fingerprint density at radius 2 is 2.20 bits per heavy atom. The van der Waals surface area contributed by atoms with Crippen LogP contribution in [0.3, 0.4) is 0 Å². The summed E-state index contributed by atoms with van der Waals surface area (Å²) in [6, 6.07) is 10.6. The molecule has 0 aliphatic carbocycles. The predicted octanol–water partition coefficient (Wildman–Crippen LogP) is 3.15. The summed E-state index contributed by atoms with van der Waals surface area (Å²) in [7, 11) is 1.94. The highest BCUT2D eigenvalue weighted by Gasteiger charge is 2.05. The van der Waals surface area contributed by atoms with E-state index in [1.165, 1.54) is 5.56 Å². The Morgan fingerprint density at radius 3 is 2.95 bits per heavy atom. The van der Waals surface area contributed by atoms with Crippen LogP contribution in [-0.4, -0.2) is 16.8 Å². The number of benzene rings is 1. The molecule has 0 radical (unpaired) electrons. The summed E-state index contributed by atoms with van der Waals surface area (Å²) in [6.45, 7) is 5.68. The first-order valence-electron chi connectivity index (χ1n) is 7.13. The van der Waals surface area contributed by atoms with E-state index in [0.29, 0.717) is 12.6 Å². The van der Waals surface area contributed by atoms with E-state index in [4.69, 9.17) is 4.74 Å². The molecule has 1 heterocycles. The molecule has 0 spiro atoms. The van der Waals surface area contributed by atoms with Crippen LogP contribution in [0, 0.1) is 0 Å². The van der Waals surface area contributed by atoms with E-state index >= 15 is 0 Å². The van der Waals surface area contributed by atoms with Crippen LogP contribution in [0.5, 0.6) is 5.75 Å². The number of rotatable bonds is 7. The largest absolute Gasteiger partial charge is 0.487 e. The molecule has 20 heavy (non-hydrogen) atoms. The van der Waals surface area contributed by atoms with Crippen LogP contribution in [0.25, 0.3) is 0 Å². The van der Waals surface area contributed by atoms with Crippen LogP contribution in [0.1, 0.15) is 37.6 Å². The van der Waals surface area contributed by atoms with Crippen LogP contribution < -0.4 is 10.1 Å².